The van der Waals surface area contributed by atoms with Gasteiger partial charge >= 0.3 is 0 Å². The number of aromatic nitrogens is 2. The van der Waals surface area contributed by atoms with Crippen molar-refractivity contribution >= 4 is 33.1 Å². The van der Waals surface area contributed by atoms with E-state index >= 15 is 0 Å². The van der Waals surface area contributed by atoms with E-state index in [0.717, 1.165) is 12.5 Å². The zero-order valence-electron chi connectivity index (χ0n) is 16.8. The molecule has 8 nitrogen and oxygen atoms in total. The van der Waals surface area contributed by atoms with Crippen molar-refractivity contribution in [2.75, 3.05) is 0 Å². The van der Waals surface area contributed by atoms with Crippen molar-refractivity contribution in [1.82, 2.24) is 14.5 Å². The summed E-state index contributed by atoms with van der Waals surface area (Å²) in [7, 11) is -3.99. The zero-order chi connectivity index (χ0) is 22.9. The van der Waals surface area contributed by atoms with Crippen LogP contribution in [0.1, 0.15) is 12.6 Å². The Morgan fingerprint density at radius 1 is 0.969 bits per heavy atom. The third kappa shape index (κ3) is 4.19. The van der Waals surface area contributed by atoms with E-state index in [0.29, 0.717) is 17.1 Å². The van der Waals surface area contributed by atoms with E-state index in [4.69, 9.17) is 0 Å². The van der Waals surface area contributed by atoms with Crippen LogP contribution in [0.15, 0.2) is 83.8 Å². The number of nitrogens with zero attached hydrogens (tertiary/aromatic N) is 2. The molecular weight excluding hydrogens is 430 g/mol. The van der Waals surface area contributed by atoms with Gasteiger partial charge in [0.15, 0.2) is 11.6 Å². The Balaban J connectivity index is 1.83. The Morgan fingerprint density at radius 3 is 2.31 bits per heavy atom. The molecule has 0 aliphatic heterocycles. The lowest BCUT2D eigenvalue weighted by Crippen LogP contribution is -2.28. The number of allylic oxidation sites excluding steroid dienone is 4. The highest BCUT2D eigenvalue weighted by Crippen LogP contribution is 2.28. The number of ketones is 2. The summed E-state index contributed by atoms with van der Waals surface area (Å²) in [4.78, 5) is 35.5. The smallest absolute Gasteiger partial charge is 0.264 e. The average molecular weight is 447 g/mol. The molecule has 0 unspecified atom stereocenters. The van der Waals surface area contributed by atoms with Gasteiger partial charge < -0.3 is 0 Å². The number of carbonyl (C=O) groups excluding carboxylic acids is 3. The first-order chi connectivity index (χ1) is 15.2. The van der Waals surface area contributed by atoms with E-state index in [9.17, 15) is 22.8 Å². The van der Waals surface area contributed by atoms with Crippen molar-refractivity contribution in [1.29, 1.82) is 0 Å². The fourth-order valence-electron chi connectivity index (χ4n) is 3.24. The minimum absolute atomic E-state index is 0.0977. The van der Waals surface area contributed by atoms with Crippen LogP contribution in [0, 0.1) is 0 Å². The Kier molecular flexibility index (Phi) is 5.41. The van der Waals surface area contributed by atoms with E-state index in [-0.39, 0.29) is 22.0 Å². The molecule has 1 amide bonds. The molecule has 1 aliphatic carbocycles. The molecule has 0 radical (unpaired) electrons. The summed E-state index contributed by atoms with van der Waals surface area (Å²) in [5, 5.41) is 4.59. The molecule has 0 saturated heterocycles. The number of hydrogen-bond donors (Lipinski definition) is 1. The fraction of sp³-hybridized carbons (Fsp3) is 0.0435. The molecule has 1 aliphatic rings. The molecule has 3 aromatic rings. The van der Waals surface area contributed by atoms with Crippen molar-refractivity contribution in [3.8, 4) is 16.9 Å². The third-order valence-electron chi connectivity index (χ3n) is 4.68. The number of nitrogens with one attached hydrogen (secondary N) is 1. The second-order valence-corrected chi connectivity index (χ2v) is 8.69. The number of amides is 1. The quantitative estimate of drug-likeness (QED) is 0.601. The average Bonchev–Trinajstić information content (AvgIpc) is 3.20. The number of sulfonamides is 1. The van der Waals surface area contributed by atoms with Crippen LogP contribution in [0.25, 0.3) is 22.5 Å². The van der Waals surface area contributed by atoms with Gasteiger partial charge in [-0.3, -0.25) is 14.4 Å². The molecule has 0 atom stereocenters. The van der Waals surface area contributed by atoms with Crippen LogP contribution in [0.5, 0.6) is 0 Å². The van der Waals surface area contributed by atoms with Gasteiger partial charge in [0.1, 0.15) is 0 Å². The summed E-state index contributed by atoms with van der Waals surface area (Å²) in [6.07, 6.45) is 3.66. The molecule has 1 heterocycles. The van der Waals surface area contributed by atoms with Gasteiger partial charge in [-0.2, -0.15) is 5.10 Å². The Bertz CT molecular complexity index is 1400. The summed E-state index contributed by atoms with van der Waals surface area (Å²) in [6, 6.07) is 16.7. The number of rotatable bonds is 5. The molecule has 9 heteroatoms. The van der Waals surface area contributed by atoms with E-state index < -0.39 is 15.9 Å². The predicted octanol–water partition coefficient (Wildman–Crippen LogP) is 2.46. The molecule has 32 heavy (non-hydrogen) atoms. The lowest BCUT2D eigenvalue weighted by molar-refractivity contribution is -0.117. The highest BCUT2D eigenvalue weighted by atomic mass is 32.2. The van der Waals surface area contributed by atoms with Gasteiger partial charge in [0, 0.05) is 12.5 Å². The van der Waals surface area contributed by atoms with Gasteiger partial charge in [-0.05, 0) is 48.6 Å². The maximum Gasteiger partial charge on any atom is 0.264 e. The fourth-order valence-corrected chi connectivity index (χ4v) is 4.23. The van der Waals surface area contributed by atoms with Gasteiger partial charge in [-0.1, -0.05) is 30.3 Å². The van der Waals surface area contributed by atoms with E-state index in [1.165, 1.54) is 47.2 Å². The summed E-state index contributed by atoms with van der Waals surface area (Å²) < 4.78 is 27.8. The SMILES string of the molecule is CC(=O)NS(=O)(=O)c1ccc(-n2nc(-c3ccccc3)cc2C2=CC(=O)C=CC2=O)cc1. The van der Waals surface area contributed by atoms with Crippen molar-refractivity contribution < 1.29 is 22.8 Å². The standard InChI is InChI=1S/C23H17N3O5S/c1-15(27)25-32(30,31)19-10-7-17(8-11-19)26-22(20-13-18(28)9-12-23(20)29)14-21(24-26)16-5-3-2-4-6-16/h2-14H,1H3,(H,25,27). The van der Waals surface area contributed by atoms with Gasteiger partial charge in [0.25, 0.3) is 10.0 Å². The monoisotopic (exact) mass is 447 g/mol. The Morgan fingerprint density at radius 2 is 1.66 bits per heavy atom. The second-order valence-electron chi connectivity index (χ2n) is 7.01. The maximum absolute atomic E-state index is 12.5. The third-order valence-corrected chi connectivity index (χ3v) is 6.12. The molecule has 2 aromatic carbocycles. The Hall–Kier alpha value is -4.11. The van der Waals surface area contributed by atoms with Crippen LogP contribution >= 0.6 is 0 Å². The highest BCUT2D eigenvalue weighted by Gasteiger charge is 2.22. The molecule has 0 bridgehead atoms. The van der Waals surface area contributed by atoms with Gasteiger partial charge in [0.05, 0.1) is 27.5 Å². The van der Waals surface area contributed by atoms with Gasteiger partial charge in [-0.15, -0.1) is 0 Å². The number of hydrogen-bond acceptors (Lipinski definition) is 6. The Labute approximate surface area is 183 Å². The summed E-state index contributed by atoms with van der Waals surface area (Å²) in [5.41, 5.74) is 2.43. The molecule has 4 rings (SSSR count). The van der Waals surface area contributed by atoms with Crippen LogP contribution in [0.3, 0.4) is 0 Å². The number of benzene rings is 2. The number of carbonyl (C=O) groups is 3. The predicted molar refractivity (Wildman–Crippen MR) is 117 cm³/mol. The maximum atomic E-state index is 12.5. The largest absolute Gasteiger partial charge is 0.290 e. The van der Waals surface area contributed by atoms with Gasteiger partial charge in [-0.25, -0.2) is 17.8 Å². The van der Waals surface area contributed by atoms with E-state index in [1.807, 2.05) is 35.1 Å². The summed E-state index contributed by atoms with van der Waals surface area (Å²) in [6.45, 7) is 1.11. The van der Waals surface area contributed by atoms with Crippen LogP contribution < -0.4 is 4.72 Å². The molecule has 0 spiro atoms. The minimum Gasteiger partial charge on any atom is -0.290 e. The van der Waals surface area contributed by atoms with Crippen LogP contribution in [-0.2, 0) is 24.4 Å². The lowest BCUT2D eigenvalue weighted by atomic mass is 9.99. The van der Waals surface area contributed by atoms with Crippen LogP contribution in [0.2, 0.25) is 0 Å². The zero-order valence-corrected chi connectivity index (χ0v) is 17.7. The molecule has 160 valence electrons. The summed E-state index contributed by atoms with van der Waals surface area (Å²) >= 11 is 0. The first kappa shape index (κ1) is 21.1. The second kappa shape index (κ2) is 8.20. The van der Waals surface area contributed by atoms with Crippen molar-refractivity contribution in [2.24, 2.45) is 0 Å². The lowest BCUT2D eigenvalue weighted by Gasteiger charge is -2.11. The topological polar surface area (TPSA) is 115 Å². The molecule has 1 aromatic heterocycles. The minimum atomic E-state index is -3.99. The van der Waals surface area contributed by atoms with Crippen molar-refractivity contribution in [3.05, 3.63) is 84.6 Å². The normalized spacial score (nSPS) is 13.7. The van der Waals surface area contributed by atoms with Gasteiger partial charge in [0.2, 0.25) is 5.91 Å². The van der Waals surface area contributed by atoms with E-state index in [1.54, 1.807) is 6.07 Å². The van der Waals surface area contributed by atoms with Crippen molar-refractivity contribution in [3.63, 3.8) is 0 Å². The van der Waals surface area contributed by atoms with Crippen LogP contribution in [-0.4, -0.2) is 35.7 Å². The highest BCUT2D eigenvalue weighted by molar-refractivity contribution is 7.90. The first-order valence-electron chi connectivity index (χ1n) is 9.52. The molecule has 1 N–H and O–H groups in total. The first-order valence-corrected chi connectivity index (χ1v) is 11.0. The van der Waals surface area contributed by atoms with E-state index in [2.05, 4.69) is 5.10 Å². The summed E-state index contributed by atoms with van der Waals surface area (Å²) in [5.74, 6) is -1.35. The molecule has 0 saturated carbocycles. The van der Waals surface area contributed by atoms with Crippen molar-refractivity contribution in [2.45, 2.75) is 11.8 Å². The molecule has 0 fully saturated rings. The van der Waals surface area contributed by atoms with Crippen LogP contribution in [0.4, 0.5) is 0 Å². The molecular formula is C23H17N3O5S.